The topological polar surface area (TPSA) is 42.0 Å². The Bertz CT molecular complexity index is 1080. The number of carbonyl (C=O) groups excluding carboxylic acids is 1. The Kier molecular flexibility index (Phi) is 7.30. The molecule has 3 aromatic carbocycles. The highest BCUT2D eigenvalue weighted by Gasteiger charge is 2.29. The maximum Gasteiger partial charge on any atom is 0.260 e. The van der Waals surface area contributed by atoms with Crippen LogP contribution in [0.2, 0.25) is 0 Å². The van der Waals surface area contributed by atoms with Crippen molar-refractivity contribution in [1.82, 2.24) is 9.80 Å². The van der Waals surface area contributed by atoms with E-state index in [1.54, 1.807) is 7.11 Å². The van der Waals surface area contributed by atoms with Gasteiger partial charge in [0, 0.05) is 26.2 Å². The fourth-order valence-electron chi connectivity index (χ4n) is 4.48. The molecular formula is C28H32N2O3. The van der Waals surface area contributed by atoms with Crippen molar-refractivity contribution in [3.05, 3.63) is 95.1 Å². The van der Waals surface area contributed by atoms with Crippen LogP contribution in [0.1, 0.15) is 28.3 Å². The summed E-state index contributed by atoms with van der Waals surface area (Å²) in [6.45, 7) is 7.33. The van der Waals surface area contributed by atoms with Crippen LogP contribution in [0.3, 0.4) is 0 Å². The van der Waals surface area contributed by atoms with Gasteiger partial charge in [-0.05, 0) is 42.7 Å². The van der Waals surface area contributed by atoms with Crippen LogP contribution in [0.5, 0.6) is 11.5 Å². The van der Waals surface area contributed by atoms with Crippen molar-refractivity contribution in [1.29, 1.82) is 0 Å². The van der Waals surface area contributed by atoms with Gasteiger partial charge in [-0.1, -0.05) is 66.2 Å². The van der Waals surface area contributed by atoms with Crippen LogP contribution in [-0.2, 0) is 4.79 Å². The average molecular weight is 445 g/mol. The highest BCUT2D eigenvalue weighted by molar-refractivity contribution is 5.78. The second-order valence-electron chi connectivity index (χ2n) is 8.53. The number of benzene rings is 3. The van der Waals surface area contributed by atoms with Crippen LogP contribution in [0, 0.1) is 13.8 Å². The third-order valence-corrected chi connectivity index (χ3v) is 6.30. The van der Waals surface area contributed by atoms with E-state index in [0.29, 0.717) is 24.6 Å². The minimum Gasteiger partial charge on any atom is -0.493 e. The summed E-state index contributed by atoms with van der Waals surface area (Å²) in [6, 6.07) is 24.9. The highest BCUT2D eigenvalue weighted by atomic mass is 16.5. The number of para-hydroxylation sites is 2. The largest absolute Gasteiger partial charge is 0.493 e. The number of piperazine rings is 1. The number of hydrogen-bond acceptors (Lipinski definition) is 4. The molecule has 0 saturated carbocycles. The number of hydrogen-bond donors (Lipinski definition) is 0. The average Bonchev–Trinajstić information content (AvgIpc) is 2.86. The van der Waals surface area contributed by atoms with Gasteiger partial charge in [0.05, 0.1) is 13.2 Å². The predicted octanol–water partition coefficient (Wildman–Crippen LogP) is 4.62. The zero-order valence-electron chi connectivity index (χ0n) is 19.7. The van der Waals surface area contributed by atoms with Gasteiger partial charge < -0.3 is 14.4 Å². The molecule has 0 aliphatic carbocycles. The third-order valence-electron chi connectivity index (χ3n) is 6.30. The standard InChI is InChI=1S/C28H32N2O3/c1-21-13-14-22(2)24(19-21)28(23-9-5-4-6-10-23)30-17-15-29(16-18-30)27(31)20-33-26-12-8-7-11-25(26)32-3/h4-14,19,28H,15-18,20H2,1-3H3. The van der Waals surface area contributed by atoms with Crippen molar-refractivity contribution >= 4 is 5.91 Å². The Labute approximate surface area is 196 Å². The van der Waals surface area contributed by atoms with Gasteiger partial charge in [-0.3, -0.25) is 9.69 Å². The van der Waals surface area contributed by atoms with Gasteiger partial charge in [0.25, 0.3) is 5.91 Å². The first-order chi connectivity index (χ1) is 16.1. The van der Waals surface area contributed by atoms with E-state index in [4.69, 9.17) is 9.47 Å². The molecule has 172 valence electrons. The number of rotatable bonds is 7. The van der Waals surface area contributed by atoms with Crippen LogP contribution in [-0.4, -0.2) is 55.6 Å². The lowest BCUT2D eigenvalue weighted by molar-refractivity contribution is -0.135. The van der Waals surface area contributed by atoms with Gasteiger partial charge in [0.1, 0.15) is 0 Å². The van der Waals surface area contributed by atoms with E-state index < -0.39 is 0 Å². The first-order valence-electron chi connectivity index (χ1n) is 11.5. The molecule has 4 rings (SSSR count). The first-order valence-corrected chi connectivity index (χ1v) is 11.5. The minimum atomic E-state index is 0.00329. The fraction of sp³-hybridized carbons (Fsp3) is 0.321. The van der Waals surface area contributed by atoms with Crippen LogP contribution < -0.4 is 9.47 Å². The van der Waals surface area contributed by atoms with Gasteiger partial charge in [0.15, 0.2) is 18.1 Å². The molecule has 1 aliphatic heterocycles. The molecule has 0 radical (unpaired) electrons. The van der Waals surface area contributed by atoms with Crippen molar-refractivity contribution in [2.45, 2.75) is 19.9 Å². The second kappa shape index (κ2) is 10.5. The number of ether oxygens (including phenoxy) is 2. The molecule has 5 heteroatoms. The second-order valence-corrected chi connectivity index (χ2v) is 8.53. The fourth-order valence-corrected chi connectivity index (χ4v) is 4.48. The Morgan fingerprint density at radius 2 is 1.55 bits per heavy atom. The third kappa shape index (κ3) is 5.37. The summed E-state index contributed by atoms with van der Waals surface area (Å²) in [6.07, 6.45) is 0. The van der Waals surface area contributed by atoms with Gasteiger partial charge in [0.2, 0.25) is 0 Å². The molecule has 0 bridgehead atoms. The maximum absolute atomic E-state index is 12.8. The van der Waals surface area contributed by atoms with Crippen molar-refractivity contribution in [2.24, 2.45) is 0 Å². The quantitative estimate of drug-likeness (QED) is 0.533. The predicted molar refractivity (Wildman–Crippen MR) is 131 cm³/mol. The van der Waals surface area contributed by atoms with Crippen LogP contribution >= 0.6 is 0 Å². The molecule has 1 heterocycles. The molecule has 1 fully saturated rings. The van der Waals surface area contributed by atoms with E-state index in [1.165, 1.54) is 22.3 Å². The molecule has 1 amide bonds. The monoisotopic (exact) mass is 444 g/mol. The van der Waals surface area contributed by atoms with Gasteiger partial charge >= 0.3 is 0 Å². The summed E-state index contributed by atoms with van der Waals surface area (Å²) in [4.78, 5) is 17.2. The lowest BCUT2D eigenvalue weighted by atomic mass is 9.92. The molecular weight excluding hydrogens is 412 g/mol. The van der Waals surface area contributed by atoms with Crippen molar-refractivity contribution < 1.29 is 14.3 Å². The van der Waals surface area contributed by atoms with E-state index in [2.05, 4.69) is 67.3 Å². The van der Waals surface area contributed by atoms with E-state index in [0.717, 1.165) is 13.1 Å². The number of carbonyl (C=O) groups is 1. The van der Waals surface area contributed by atoms with Gasteiger partial charge in [-0.15, -0.1) is 0 Å². The van der Waals surface area contributed by atoms with Crippen LogP contribution in [0.15, 0.2) is 72.8 Å². The SMILES string of the molecule is COc1ccccc1OCC(=O)N1CCN(C(c2ccccc2)c2cc(C)ccc2C)CC1. The van der Waals surface area contributed by atoms with E-state index in [9.17, 15) is 4.79 Å². The molecule has 1 unspecified atom stereocenters. The zero-order valence-corrected chi connectivity index (χ0v) is 19.7. The molecule has 0 N–H and O–H groups in total. The summed E-state index contributed by atoms with van der Waals surface area (Å²) in [5.74, 6) is 1.23. The normalized spacial score (nSPS) is 15.2. The summed E-state index contributed by atoms with van der Waals surface area (Å²) in [5.41, 5.74) is 5.17. The molecule has 33 heavy (non-hydrogen) atoms. The number of nitrogens with zero attached hydrogens (tertiary/aromatic N) is 2. The smallest absolute Gasteiger partial charge is 0.260 e. The summed E-state index contributed by atoms with van der Waals surface area (Å²) >= 11 is 0. The molecule has 0 aromatic heterocycles. The lowest BCUT2D eigenvalue weighted by Crippen LogP contribution is -2.51. The summed E-state index contributed by atoms with van der Waals surface area (Å²) in [7, 11) is 1.60. The Morgan fingerprint density at radius 3 is 2.24 bits per heavy atom. The number of methoxy groups -OCH3 is 1. The highest BCUT2D eigenvalue weighted by Crippen LogP contribution is 2.32. The molecule has 3 aromatic rings. The van der Waals surface area contributed by atoms with Crippen LogP contribution in [0.4, 0.5) is 0 Å². The molecule has 0 spiro atoms. The van der Waals surface area contributed by atoms with Crippen molar-refractivity contribution in [2.75, 3.05) is 39.9 Å². The van der Waals surface area contributed by atoms with E-state index in [-0.39, 0.29) is 18.6 Å². The Balaban J connectivity index is 1.44. The van der Waals surface area contributed by atoms with Gasteiger partial charge in [-0.2, -0.15) is 0 Å². The summed E-state index contributed by atoms with van der Waals surface area (Å²) < 4.78 is 11.1. The first kappa shape index (κ1) is 22.9. The van der Waals surface area contributed by atoms with E-state index in [1.807, 2.05) is 29.2 Å². The van der Waals surface area contributed by atoms with Crippen LogP contribution in [0.25, 0.3) is 0 Å². The molecule has 1 aliphatic rings. The Hall–Kier alpha value is -3.31. The van der Waals surface area contributed by atoms with Crippen molar-refractivity contribution in [3.8, 4) is 11.5 Å². The van der Waals surface area contributed by atoms with E-state index >= 15 is 0 Å². The summed E-state index contributed by atoms with van der Waals surface area (Å²) in [5, 5.41) is 0. The molecule has 5 nitrogen and oxygen atoms in total. The molecule has 1 saturated heterocycles. The zero-order chi connectivity index (χ0) is 23.2. The van der Waals surface area contributed by atoms with Gasteiger partial charge in [-0.25, -0.2) is 0 Å². The Morgan fingerprint density at radius 1 is 0.879 bits per heavy atom. The molecule has 1 atom stereocenters. The lowest BCUT2D eigenvalue weighted by Gasteiger charge is -2.40. The van der Waals surface area contributed by atoms with Crippen molar-refractivity contribution in [3.63, 3.8) is 0 Å². The maximum atomic E-state index is 12.8. The number of aryl methyl sites for hydroxylation is 2. The minimum absolute atomic E-state index is 0.00329. The number of amides is 1.